The average molecular weight is 317 g/mol. The molecule has 6 heteroatoms. The molecule has 22 heavy (non-hydrogen) atoms. The first-order chi connectivity index (χ1) is 10.7. The van der Waals surface area contributed by atoms with E-state index >= 15 is 0 Å². The van der Waals surface area contributed by atoms with Crippen molar-refractivity contribution in [1.82, 2.24) is 15.1 Å². The molecule has 2 aromatic rings. The van der Waals surface area contributed by atoms with Gasteiger partial charge in [-0.25, -0.2) is 0 Å². The molecule has 0 saturated carbocycles. The summed E-state index contributed by atoms with van der Waals surface area (Å²) in [6, 6.07) is 9.96. The molecule has 5 nitrogen and oxygen atoms in total. The van der Waals surface area contributed by atoms with Crippen molar-refractivity contribution in [3.63, 3.8) is 0 Å². The standard InChI is InChI=1S/C16H19N3O2S/c1-12-7-5-6-10-19(12)14(20)11-22-16-18-17-15(21-16)13-8-3-2-4-9-13/h2-4,8-9,12H,5-7,10-11H2,1H3/t12-/m1/s1. The quantitative estimate of drug-likeness (QED) is 0.810. The number of thioether (sulfide) groups is 1. The van der Waals surface area contributed by atoms with E-state index in [-0.39, 0.29) is 5.91 Å². The predicted octanol–water partition coefficient (Wildman–Crippen LogP) is 3.23. The summed E-state index contributed by atoms with van der Waals surface area (Å²) in [5.41, 5.74) is 0.887. The van der Waals surface area contributed by atoms with Crippen molar-refractivity contribution >= 4 is 17.7 Å². The molecule has 1 atom stereocenters. The molecular formula is C16H19N3O2S. The van der Waals surface area contributed by atoms with E-state index in [1.165, 1.54) is 18.2 Å². The van der Waals surface area contributed by atoms with Gasteiger partial charge in [-0.3, -0.25) is 4.79 Å². The number of carbonyl (C=O) groups excluding carboxylic acids is 1. The van der Waals surface area contributed by atoms with Gasteiger partial charge in [-0.05, 0) is 38.3 Å². The number of aromatic nitrogens is 2. The van der Waals surface area contributed by atoms with Gasteiger partial charge in [0.15, 0.2) is 0 Å². The Balaban J connectivity index is 1.58. The predicted molar refractivity (Wildman–Crippen MR) is 85.5 cm³/mol. The summed E-state index contributed by atoms with van der Waals surface area (Å²) in [4.78, 5) is 14.2. The molecule has 1 aromatic heterocycles. The van der Waals surface area contributed by atoms with Gasteiger partial charge in [-0.2, -0.15) is 0 Å². The summed E-state index contributed by atoms with van der Waals surface area (Å²) < 4.78 is 5.60. The van der Waals surface area contributed by atoms with Crippen LogP contribution in [0, 0.1) is 0 Å². The zero-order chi connectivity index (χ0) is 15.4. The van der Waals surface area contributed by atoms with E-state index in [0.29, 0.717) is 22.9 Å². The minimum Gasteiger partial charge on any atom is -0.411 e. The van der Waals surface area contributed by atoms with E-state index in [4.69, 9.17) is 4.42 Å². The molecule has 0 spiro atoms. The maximum absolute atomic E-state index is 12.3. The number of benzene rings is 1. The van der Waals surface area contributed by atoms with Gasteiger partial charge in [0.05, 0.1) is 5.75 Å². The molecule has 0 unspecified atom stereocenters. The number of rotatable bonds is 4. The number of carbonyl (C=O) groups is 1. The average Bonchev–Trinajstić information content (AvgIpc) is 3.03. The van der Waals surface area contributed by atoms with Crippen molar-refractivity contribution in [2.45, 2.75) is 37.5 Å². The summed E-state index contributed by atoms with van der Waals surface area (Å²) in [6.45, 7) is 2.97. The van der Waals surface area contributed by atoms with Crippen LogP contribution in [0.3, 0.4) is 0 Å². The van der Waals surface area contributed by atoms with Crippen LogP contribution in [0.2, 0.25) is 0 Å². The second-order valence-electron chi connectivity index (χ2n) is 5.46. The second kappa shape index (κ2) is 6.96. The highest BCUT2D eigenvalue weighted by molar-refractivity contribution is 7.99. The van der Waals surface area contributed by atoms with E-state index in [0.717, 1.165) is 24.9 Å². The molecule has 0 bridgehead atoms. The van der Waals surface area contributed by atoms with Crippen LogP contribution in [-0.4, -0.2) is 39.3 Å². The third kappa shape index (κ3) is 3.50. The first-order valence-corrected chi connectivity index (χ1v) is 8.54. The molecule has 3 rings (SSSR count). The molecular weight excluding hydrogens is 298 g/mol. The number of hydrogen-bond donors (Lipinski definition) is 0. The zero-order valence-corrected chi connectivity index (χ0v) is 13.4. The molecule has 2 heterocycles. The van der Waals surface area contributed by atoms with Gasteiger partial charge < -0.3 is 9.32 Å². The van der Waals surface area contributed by atoms with Gasteiger partial charge in [-0.1, -0.05) is 30.0 Å². The van der Waals surface area contributed by atoms with Gasteiger partial charge >= 0.3 is 0 Å². The van der Waals surface area contributed by atoms with Crippen LogP contribution >= 0.6 is 11.8 Å². The second-order valence-corrected chi connectivity index (χ2v) is 6.39. The summed E-state index contributed by atoms with van der Waals surface area (Å²) in [6.07, 6.45) is 3.40. The van der Waals surface area contributed by atoms with Crippen molar-refractivity contribution in [2.24, 2.45) is 0 Å². The molecule has 1 aliphatic heterocycles. The molecule has 1 aliphatic rings. The maximum atomic E-state index is 12.3. The molecule has 0 N–H and O–H groups in total. The van der Waals surface area contributed by atoms with Crippen LogP contribution in [0.25, 0.3) is 11.5 Å². The number of piperidine rings is 1. The van der Waals surface area contributed by atoms with Crippen molar-refractivity contribution in [1.29, 1.82) is 0 Å². The topological polar surface area (TPSA) is 59.2 Å². The lowest BCUT2D eigenvalue weighted by Crippen LogP contribution is -2.42. The minimum atomic E-state index is 0.150. The van der Waals surface area contributed by atoms with Crippen LogP contribution in [0.1, 0.15) is 26.2 Å². The number of amides is 1. The number of nitrogens with zero attached hydrogens (tertiary/aromatic N) is 3. The maximum Gasteiger partial charge on any atom is 0.277 e. The van der Waals surface area contributed by atoms with Gasteiger partial charge in [0.25, 0.3) is 5.22 Å². The highest BCUT2D eigenvalue weighted by Crippen LogP contribution is 2.24. The zero-order valence-electron chi connectivity index (χ0n) is 12.6. The van der Waals surface area contributed by atoms with E-state index in [9.17, 15) is 4.79 Å². The third-order valence-electron chi connectivity index (χ3n) is 3.87. The van der Waals surface area contributed by atoms with Crippen LogP contribution in [-0.2, 0) is 4.79 Å². The highest BCUT2D eigenvalue weighted by Gasteiger charge is 2.23. The first kappa shape index (κ1) is 15.1. The Bertz CT molecular complexity index is 629. The molecule has 0 aliphatic carbocycles. The Morgan fingerprint density at radius 2 is 2.14 bits per heavy atom. The van der Waals surface area contributed by atoms with Crippen molar-refractivity contribution in [2.75, 3.05) is 12.3 Å². The summed E-state index contributed by atoms with van der Waals surface area (Å²) in [7, 11) is 0. The lowest BCUT2D eigenvalue weighted by molar-refractivity contribution is -0.131. The van der Waals surface area contributed by atoms with Gasteiger partial charge in [0.1, 0.15) is 0 Å². The molecule has 1 aromatic carbocycles. The van der Waals surface area contributed by atoms with Crippen LogP contribution in [0.15, 0.2) is 40.0 Å². The summed E-state index contributed by atoms with van der Waals surface area (Å²) in [5.74, 6) is 0.986. The Kier molecular flexibility index (Phi) is 4.77. The molecule has 1 saturated heterocycles. The van der Waals surface area contributed by atoms with Crippen LogP contribution in [0.4, 0.5) is 0 Å². The molecule has 0 radical (unpaired) electrons. The third-order valence-corrected chi connectivity index (χ3v) is 4.67. The minimum absolute atomic E-state index is 0.150. The molecule has 1 amide bonds. The van der Waals surface area contributed by atoms with E-state index in [1.54, 1.807) is 0 Å². The number of hydrogen-bond acceptors (Lipinski definition) is 5. The Labute approximate surface area is 134 Å². The lowest BCUT2D eigenvalue weighted by atomic mass is 10.0. The van der Waals surface area contributed by atoms with Gasteiger partial charge in [-0.15, -0.1) is 10.2 Å². The van der Waals surface area contributed by atoms with Crippen LogP contribution < -0.4 is 0 Å². The van der Waals surface area contributed by atoms with E-state index in [2.05, 4.69) is 17.1 Å². The van der Waals surface area contributed by atoms with Gasteiger partial charge in [0.2, 0.25) is 11.8 Å². The van der Waals surface area contributed by atoms with Crippen LogP contribution in [0.5, 0.6) is 0 Å². The summed E-state index contributed by atoms with van der Waals surface area (Å²) in [5, 5.41) is 8.48. The fraction of sp³-hybridized carbons (Fsp3) is 0.438. The molecule has 116 valence electrons. The Morgan fingerprint density at radius 3 is 2.91 bits per heavy atom. The fourth-order valence-corrected chi connectivity index (χ4v) is 3.29. The number of likely N-dealkylation sites (tertiary alicyclic amines) is 1. The largest absolute Gasteiger partial charge is 0.411 e. The monoisotopic (exact) mass is 317 g/mol. The SMILES string of the molecule is C[C@@H]1CCCCN1C(=O)CSc1nnc(-c2ccccc2)o1. The lowest BCUT2D eigenvalue weighted by Gasteiger charge is -2.33. The molecule has 1 fully saturated rings. The van der Waals surface area contributed by atoms with Crippen molar-refractivity contribution in [3.8, 4) is 11.5 Å². The smallest absolute Gasteiger partial charge is 0.277 e. The summed E-state index contributed by atoms with van der Waals surface area (Å²) >= 11 is 1.31. The van der Waals surface area contributed by atoms with Crippen molar-refractivity contribution < 1.29 is 9.21 Å². The normalized spacial score (nSPS) is 18.4. The van der Waals surface area contributed by atoms with Crippen molar-refractivity contribution in [3.05, 3.63) is 30.3 Å². The van der Waals surface area contributed by atoms with Gasteiger partial charge in [0, 0.05) is 18.2 Å². The highest BCUT2D eigenvalue weighted by atomic mass is 32.2. The first-order valence-electron chi connectivity index (χ1n) is 7.55. The Morgan fingerprint density at radius 1 is 1.32 bits per heavy atom. The Hall–Kier alpha value is -1.82. The fourth-order valence-electron chi connectivity index (χ4n) is 2.64. The van der Waals surface area contributed by atoms with E-state index < -0.39 is 0 Å². The van der Waals surface area contributed by atoms with E-state index in [1.807, 2.05) is 35.2 Å².